The maximum Gasteiger partial charge on any atom is 0.189 e. The summed E-state index contributed by atoms with van der Waals surface area (Å²) in [5, 5.41) is 19.0. The zero-order valence-corrected chi connectivity index (χ0v) is 13.5. The van der Waals surface area contributed by atoms with Gasteiger partial charge < -0.3 is 14.9 Å². The van der Waals surface area contributed by atoms with E-state index in [9.17, 15) is 15.0 Å². The number of ether oxygens (including phenoxy) is 1. The Labute approximate surface area is 140 Å². The van der Waals surface area contributed by atoms with Crippen LogP contribution in [-0.2, 0) is 0 Å². The van der Waals surface area contributed by atoms with Crippen LogP contribution in [0.25, 0.3) is 12.2 Å². The van der Waals surface area contributed by atoms with Gasteiger partial charge in [0.25, 0.3) is 0 Å². The summed E-state index contributed by atoms with van der Waals surface area (Å²) in [6, 6.07) is 9.58. The fourth-order valence-electron chi connectivity index (χ4n) is 2.49. The molecule has 2 aromatic rings. The second-order valence-electron chi connectivity index (χ2n) is 6.24. The number of aromatic hydroxyl groups is 2. The maximum atomic E-state index is 12.2. The Balaban J connectivity index is 1.81. The van der Waals surface area contributed by atoms with E-state index in [1.807, 2.05) is 44.2 Å². The number of benzene rings is 2. The smallest absolute Gasteiger partial charge is 0.189 e. The largest absolute Gasteiger partial charge is 0.508 e. The first-order valence-corrected chi connectivity index (χ1v) is 7.61. The van der Waals surface area contributed by atoms with Crippen molar-refractivity contribution in [2.24, 2.45) is 0 Å². The van der Waals surface area contributed by atoms with Gasteiger partial charge in [-0.3, -0.25) is 4.79 Å². The number of hydrogen-bond donors (Lipinski definition) is 2. The van der Waals surface area contributed by atoms with E-state index in [1.165, 1.54) is 18.2 Å². The van der Waals surface area contributed by atoms with Gasteiger partial charge in [0.05, 0.1) is 5.56 Å². The molecule has 0 unspecified atom stereocenters. The average Bonchev–Trinajstić information content (AvgIpc) is 2.52. The van der Waals surface area contributed by atoms with Crippen molar-refractivity contribution in [2.45, 2.75) is 19.4 Å². The number of phenols is 2. The van der Waals surface area contributed by atoms with Gasteiger partial charge in [-0.1, -0.05) is 18.2 Å². The highest BCUT2D eigenvalue weighted by Gasteiger charge is 2.21. The minimum Gasteiger partial charge on any atom is -0.508 e. The van der Waals surface area contributed by atoms with Crippen LogP contribution in [0.4, 0.5) is 0 Å². The highest BCUT2D eigenvalue weighted by Crippen LogP contribution is 2.31. The lowest BCUT2D eigenvalue weighted by Gasteiger charge is -2.27. The van der Waals surface area contributed by atoms with Crippen LogP contribution in [0.2, 0.25) is 0 Å². The molecule has 1 aliphatic heterocycles. The van der Waals surface area contributed by atoms with E-state index in [-0.39, 0.29) is 28.4 Å². The van der Waals surface area contributed by atoms with Crippen molar-refractivity contribution in [1.82, 2.24) is 0 Å². The normalized spacial score (nSPS) is 15.1. The van der Waals surface area contributed by atoms with Crippen LogP contribution in [0.5, 0.6) is 17.2 Å². The molecule has 3 rings (SSSR count). The molecule has 0 spiro atoms. The van der Waals surface area contributed by atoms with Crippen molar-refractivity contribution in [3.8, 4) is 17.2 Å². The lowest BCUT2D eigenvalue weighted by Crippen LogP contribution is -2.27. The number of carbonyl (C=O) groups excluding carboxylic acids is 1. The predicted octanol–water partition coefficient (Wildman–Crippen LogP) is 4.18. The topological polar surface area (TPSA) is 66.8 Å². The van der Waals surface area contributed by atoms with Crippen LogP contribution in [-0.4, -0.2) is 21.6 Å². The molecule has 0 aromatic heterocycles. The molecular weight excluding hydrogens is 304 g/mol. The summed E-state index contributed by atoms with van der Waals surface area (Å²) in [5.41, 5.74) is 1.63. The quantitative estimate of drug-likeness (QED) is 0.657. The van der Waals surface area contributed by atoms with Gasteiger partial charge in [0, 0.05) is 11.6 Å². The second-order valence-corrected chi connectivity index (χ2v) is 6.24. The molecule has 0 atom stereocenters. The molecule has 0 saturated heterocycles. The van der Waals surface area contributed by atoms with Gasteiger partial charge in [-0.15, -0.1) is 0 Å². The highest BCUT2D eigenvalue weighted by atomic mass is 16.5. The Morgan fingerprint density at radius 2 is 1.92 bits per heavy atom. The van der Waals surface area contributed by atoms with Crippen molar-refractivity contribution in [2.75, 3.05) is 0 Å². The third-order valence-corrected chi connectivity index (χ3v) is 3.75. The molecule has 2 aromatic carbocycles. The molecule has 0 bridgehead atoms. The van der Waals surface area contributed by atoms with E-state index >= 15 is 0 Å². The van der Waals surface area contributed by atoms with Crippen LogP contribution in [0, 0.1) is 0 Å². The van der Waals surface area contributed by atoms with Crippen LogP contribution >= 0.6 is 0 Å². The van der Waals surface area contributed by atoms with Gasteiger partial charge in [-0.05, 0) is 55.8 Å². The monoisotopic (exact) mass is 322 g/mol. The molecular formula is C20H18O4. The lowest BCUT2D eigenvalue weighted by molar-refractivity contribution is 0.104. The average molecular weight is 322 g/mol. The standard InChI is InChI=1S/C20H18O4/c1-20(2)10-9-14-11-13(4-8-19(14)24-20)3-7-17(22)16-6-5-15(21)12-18(16)23/h3-12,21,23H,1-2H3/b7-3+. The third kappa shape index (κ3) is 3.33. The Morgan fingerprint density at radius 1 is 1.12 bits per heavy atom. The van der Waals surface area contributed by atoms with E-state index < -0.39 is 0 Å². The van der Waals surface area contributed by atoms with Crippen LogP contribution in [0.15, 0.2) is 48.6 Å². The molecule has 0 fully saturated rings. The first-order chi connectivity index (χ1) is 11.3. The van der Waals surface area contributed by atoms with Crippen molar-refractivity contribution in [3.05, 3.63) is 65.2 Å². The van der Waals surface area contributed by atoms with E-state index in [1.54, 1.807) is 6.08 Å². The summed E-state index contributed by atoms with van der Waals surface area (Å²) < 4.78 is 5.86. The fourth-order valence-corrected chi connectivity index (χ4v) is 2.49. The van der Waals surface area contributed by atoms with Gasteiger partial charge in [0.15, 0.2) is 5.78 Å². The van der Waals surface area contributed by atoms with Gasteiger partial charge in [0.1, 0.15) is 22.8 Å². The number of allylic oxidation sites excluding steroid dienone is 1. The Morgan fingerprint density at radius 3 is 2.67 bits per heavy atom. The predicted molar refractivity (Wildman–Crippen MR) is 93.3 cm³/mol. The zero-order chi connectivity index (χ0) is 17.3. The Hall–Kier alpha value is -3.01. The molecule has 0 aliphatic carbocycles. The van der Waals surface area contributed by atoms with E-state index in [0.29, 0.717) is 0 Å². The summed E-state index contributed by atoms with van der Waals surface area (Å²) in [4.78, 5) is 12.2. The zero-order valence-electron chi connectivity index (χ0n) is 13.5. The summed E-state index contributed by atoms with van der Waals surface area (Å²) in [5.74, 6) is 0.145. The number of ketones is 1. The lowest BCUT2D eigenvalue weighted by atomic mass is 10.0. The van der Waals surface area contributed by atoms with Gasteiger partial charge in [-0.2, -0.15) is 0 Å². The van der Waals surface area contributed by atoms with Gasteiger partial charge in [-0.25, -0.2) is 0 Å². The summed E-state index contributed by atoms with van der Waals surface area (Å²) >= 11 is 0. The van der Waals surface area contributed by atoms with E-state index in [4.69, 9.17) is 4.74 Å². The fraction of sp³-hybridized carbons (Fsp3) is 0.150. The summed E-state index contributed by atoms with van der Waals surface area (Å²) in [6.07, 6.45) is 7.07. The van der Waals surface area contributed by atoms with Crippen molar-refractivity contribution in [3.63, 3.8) is 0 Å². The molecule has 2 N–H and O–H groups in total. The minimum absolute atomic E-state index is 0.0857. The first-order valence-electron chi connectivity index (χ1n) is 7.61. The van der Waals surface area contributed by atoms with Crippen LogP contribution in [0.1, 0.15) is 35.3 Å². The molecule has 1 heterocycles. The summed E-state index contributed by atoms with van der Waals surface area (Å²) in [6.45, 7) is 3.98. The number of hydrogen-bond acceptors (Lipinski definition) is 4. The molecule has 0 saturated carbocycles. The van der Waals surface area contributed by atoms with Crippen LogP contribution < -0.4 is 4.74 Å². The SMILES string of the molecule is CC1(C)C=Cc2cc(/C=C/C(=O)c3ccc(O)cc3O)ccc2O1. The van der Waals surface area contributed by atoms with Crippen molar-refractivity contribution >= 4 is 17.9 Å². The van der Waals surface area contributed by atoms with Gasteiger partial charge >= 0.3 is 0 Å². The molecule has 4 heteroatoms. The highest BCUT2D eigenvalue weighted by molar-refractivity contribution is 6.08. The number of carbonyl (C=O) groups is 1. The first kappa shape index (κ1) is 15.9. The van der Waals surface area contributed by atoms with E-state index in [2.05, 4.69) is 0 Å². The summed E-state index contributed by atoms with van der Waals surface area (Å²) in [7, 11) is 0. The Bertz CT molecular complexity index is 860. The number of fused-ring (bicyclic) bond motifs is 1. The molecule has 0 amide bonds. The number of phenolic OH excluding ortho intramolecular Hbond substituents is 2. The molecule has 1 aliphatic rings. The Kier molecular flexibility index (Phi) is 3.89. The number of rotatable bonds is 3. The van der Waals surface area contributed by atoms with E-state index in [0.717, 1.165) is 22.9 Å². The van der Waals surface area contributed by atoms with Gasteiger partial charge in [0.2, 0.25) is 0 Å². The van der Waals surface area contributed by atoms with Crippen molar-refractivity contribution < 1.29 is 19.7 Å². The van der Waals surface area contributed by atoms with Crippen molar-refractivity contribution in [1.29, 1.82) is 0 Å². The molecule has 4 nitrogen and oxygen atoms in total. The molecule has 0 radical (unpaired) electrons. The third-order valence-electron chi connectivity index (χ3n) is 3.75. The molecule has 24 heavy (non-hydrogen) atoms. The maximum absolute atomic E-state index is 12.2. The minimum atomic E-state index is -0.335. The molecule has 122 valence electrons. The second kappa shape index (κ2) is 5.89. The van der Waals surface area contributed by atoms with Crippen LogP contribution in [0.3, 0.4) is 0 Å².